The first-order chi connectivity index (χ1) is 7.09. The Morgan fingerprint density at radius 1 is 1.53 bits per heavy atom. The van der Waals surface area contributed by atoms with Crippen molar-refractivity contribution in [3.05, 3.63) is 0 Å². The van der Waals surface area contributed by atoms with Crippen LogP contribution >= 0.6 is 0 Å². The molecule has 2 saturated carbocycles. The molecule has 3 heteroatoms. The van der Waals surface area contributed by atoms with E-state index in [0.717, 1.165) is 18.8 Å². The van der Waals surface area contributed by atoms with Crippen LogP contribution in [0.15, 0.2) is 0 Å². The summed E-state index contributed by atoms with van der Waals surface area (Å²) < 4.78 is 10.9. The molecule has 0 aromatic heterocycles. The van der Waals surface area contributed by atoms with Crippen LogP contribution in [-0.2, 0) is 14.3 Å². The largest absolute Gasteiger partial charge is 0.465 e. The van der Waals surface area contributed by atoms with Crippen molar-refractivity contribution >= 4 is 5.97 Å². The number of methoxy groups -OCH3 is 1. The highest BCUT2D eigenvalue weighted by Crippen LogP contribution is 2.56. The molecule has 0 saturated heterocycles. The van der Waals surface area contributed by atoms with Crippen LogP contribution < -0.4 is 0 Å². The summed E-state index contributed by atoms with van der Waals surface area (Å²) >= 11 is 0. The topological polar surface area (TPSA) is 35.5 Å². The molecule has 0 N–H and O–H groups in total. The van der Waals surface area contributed by atoms with Gasteiger partial charge in [0.05, 0.1) is 12.2 Å². The average molecular weight is 212 g/mol. The third-order valence-electron chi connectivity index (χ3n) is 4.47. The molecule has 2 fully saturated rings. The number of carbonyl (C=O) groups is 1. The van der Waals surface area contributed by atoms with Gasteiger partial charge in [-0.1, -0.05) is 6.92 Å². The Morgan fingerprint density at radius 2 is 2.27 bits per heavy atom. The number of carbonyl (C=O) groups excluding carboxylic acids is 1. The number of hydrogen-bond donors (Lipinski definition) is 0. The van der Waals surface area contributed by atoms with Gasteiger partial charge in [0, 0.05) is 20.0 Å². The number of fused-ring (bicyclic) bond motifs is 2. The number of hydrogen-bond acceptors (Lipinski definition) is 3. The van der Waals surface area contributed by atoms with Crippen molar-refractivity contribution in [2.24, 2.45) is 17.8 Å². The molecule has 0 aliphatic heterocycles. The quantitative estimate of drug-likeness (QED) is 0.671. The van der Waals surface area contributed by atoms with Gasteiger partial charge >= 0.3 is 5.97 Å². The Bertz CT molecular complexity index is 264. The molecule has 86 valence electrons. The SMILES string of the molecule is COC12CCC(C1)C(C)C2COC(C)=O. The molecule has 0 heterocycles. The molecule has 4 unspecified atom stereocenters. The van der Waals surface area contributed by atoms with Gasteiger partial charge in [-0.15, -0.1) is 0 Å². The predicted molar refractivity (Wildman–Crippen MR) is 56.4 cm³/mol. The Kier molecular flexibility index (Phi) is 2.75. The zero-order chi connectivity index (χ0) is 11.1. The van der Waals surface area contributed by atoms with Crippen molar-refractivity contribution < 1.29 is 14.3 Å². The van der Waals surface area contributed by atoms with E-state index in [1.165, 1.54) is 13.3 Å². The summed E-state index contributed by atoms with van der Waals surface area (Å²) in [5.74, 6) is 1.60. The minimum absolute atomic E-state index is 0.000463. The summed E-state index contributed by atoms with van der Waals surface area (Å²) in [4.78, 5) is 10.8. The highest BCUT2D eigenvalue weighted by Gasteiger charge is 2.56. The van der Waals surface area contributed by atoms with Crippen molar-refractivity contribution in [1.29, 1.82) is 0 Å². The monoisotopic (exact) mass is 212 g/mol. The van der Waals surface area contributed by atoms with E-state index in [4.69, 9.17) is 9.47 Å². The molecule has 4 atom stereocenters. The van der Waals surface area contributed by atoms with Gasteiger partial charge in [0.1, 0.15) is 0 Å². The molecule has 0 amide bonds. The van der Waals surface area contributed by atoms with E-state index in [1.54, 1.807) is 7.11 Å². The fraction of sp³-hybridized carbons (Fsp3) is 0.917. The lowest BCUT2D eigenvalue weighted by atomic mass is 9.78. The summed E-state index contributed by atoms with van der Waals surface area (Å²) in [6.45, 7) is 4.26. The standard InChI is InChI=1S/C12H20O3/c1-8-10-4-5-12(6-10,14-3)11(8)7-15-9(2)13/h8,10-11H,4-7H2,1-3H3. The predicted octanol–water partition coefficient (Wildman–Crippen LogP) is 2.00. The number of ether oxygens (including phenoxy) is 2. The first-order valence-corrected chi connectivity index (χ1v) is 5.77. The lowest BCUT2D eigenvalue weighted by Gasteiger charge is -2.36. The lowest BCUT2D eigenvalue weighted by molar-refractivity contribution is -0.147. The van der Waals surface area contributed by atoms with E-state index in [0.29, 0.717) is 18.4 Å². The summed E-state index contributed by atoms with van der Waals surface area (Å²) in [6, 6.07) is 0. The van der Waals surface area contributed by atoms with Gasteiger partial charge in [0.15, 0.2) is 0 Å². The van der Waals surface area contributed by atoms with Gasteiger partial charge in [-0.25, -0.2) is 0 Å². The highest BCUT2D eigenvalue weighted by atomic mass is 16.5. The van der Waals surface area contributed by atoms with Gasteiger partial charge in [-0.05, 0) is 31.1 Å². The average Bonchev–Trinajstić information content (AvgIpc) is 2.72. The zero-order valence-corrected chi connectivity index (χ0v) is 9.79. The van der Waals surface area contributed by atoms with E-state index in [1.807, 2.05) is 0 Å². The van der Waals surface area contributed by atoms with Crippen molar-refractivity contribution in [2.75, 3.05) is 13.7 Å². The summed E-state index contributed by atoms with van der Waals surface area (Å²) in [6.07, 6.45) is 3.55. The van der Waals surface area contributed by atoms with Crippen LogP contribution in [0.4, 0.5) is 0 Å². The van der Waals surface area contributed by atoms with Crippen molar-refractivity contribution in [1.82, 2.24) is 0 Å². The molecule has 3 nitrogen and oxygen atoms in total. The summed E-state index contributed by atoms with van der Waals surface area (Å²) in [7, 11) is 1.79. The van der Waals surface area contributed by atoms with E-state index >= 15 is 0 Å². The van der Waals surface area contributed by atoms with E-state index in [2.05, 4.69) is 6.92 Å². The normalized spacial score (nSPS) is 43.3. The van der Waals surface area contributed by atoms with Gasteiger partial charge in [0.25, 0.3) is 0 Å². The molecule has 0 aromatic rings. The Hall–Kier alpha value is -0.570. The second-order valence-electron chi connectivity index (χ2n) is 5.04. The summed E-state index contributed by atoms with van der Waals surface area (Å²) in [5.41, 5.74) is -0.000463. The summed E-state index contributed by atoms with van der Waals surface area (Å²) in [5, 5.41) is 0. The molecular formula is C12H20O3. The maximum atomic E-state index is 10.8. The molecule has 2 aliphatic rings. The van der Waals surface area contributed by atoms with Gasteiger partial charge < -0.3 is 9.47 Å². The minimum Gasteiger partial charge on any atom is -0.465 e. The van der Waals surface area contributed by atoms with Gasteiger partial charge in [-0.3, -0.25) is 4.79 Å². The fourth-order valence-electron chi connectivity index (χ4n) is 3.52. The minimum atomic E-state index is -0.184. The van der Waals surface area contributed by atoms with Crippen molar-refractivity contribution in [3.63, 3.8) is 0 Å². The third-order valence-corrected chi connectivity index (χ3v) is 4.47. The first-order valence-electron chi connectivity index (χ1n) is 5.77. The zero-order valence-electron chi connectivity index (χ0n) is 9.79. The van der Waals surface area contributed by atoms with Crippen LogP contribution in [0.5, 0.6) is 0 Å². The highest BCUT2D eigenvalue weighted by molar-refractivity contribution is 5.65. The molecule has 0 spiro atoms. The van der Waals surface area contributed by atoms with Crippen LogP contribution in [0.1, 0.15) is 33.1 Å². The van der Waals surface area contributed by atoms with Crippen molar-refractivity contribution in [2.45, 2.75) is 38.7 Å². The van der Waals surface area contributed by atoms with Crippen LogP contribution in [0, 0.1) is 17.8 Å². The Labute approximate surface area is 91.1 Å². The lowest BCUT2D eigenvalue weighted by Crippen LogP contribution is -2.40. The second-order valence-corrected chi connectivity index (χ2v) is 5.04. The Balaban J connectivity index is 2.05. The molecule has 2 aliphatic carbocycles. The van der Waals surface area contributed by atoms with E-state index < -0.39 is 0 Å². The molecular weight excluding hydrogens is 192 g/mol. The number of esters is 1. The molecule has 0 radical (unpaired) electrons. The maximum Gasteiger partial charge on any atom is 0.302 e. The van der Waals surface area contributed by atoms with E-state index in [9.17, 15) is 4.79 Å². The fourth-order valence-corrected chi connectivity index (χ4v) is 3.52. The first kappa shape index (κ1) is 10.9. The molecule has 2 bridgehead atoms. The second kappa shape index (κ2) is 3.78. The molecule has 2 rings (SSSR count). The molecule has 0 aromatic carbocycles. The van der Waals surface area contributed by atoms with Gasteiger partial charge in [-0.2, -0.15) is 0 Å². The maximum absolute atomic E-state index is 10.8. The Morgan fingerprint density at radius 3 is 2.87 bits per heavy atom. The third kappa shape index (κ3) is 1.67. The van der Waals surface area contributed by atoms with Crippen LogP contribution in [0.2, 0.25) is 0 Å². The smallest absolute Gasteiger partial charge is 0.302 e. The van der Waals surface area contributed by atoms with Crippen molar-refractivity contribution in [3.8, 4) is 0 Å². The van der Waals surface area contributed by atoms with Gasteiger partial charge in [0.2, 0.25) is 0 Å². The van der Waals surface area contributed by atoms with Crippen LogP contribution in [0.3, 0.4) is 0 Å². The molecule has 15 heavy (non-hydrogen) atoms. The van der Waals surface area contributed by atoms with Crippen LogP contribution in [0.25, 0.3) is 0 Å². The van der Waals surface area contributed by atoms with E-state index in [-0.39, 0.29) is 11.6 Å². The number of rotatable bonds is 3. The van der Waals surface area contributed by atoms with Crippen LogP contribution in [-0.4, -0.2) is 25.3 Å².